The first-order chi connectivity index (χ1) is 37.7. The Kier molecular flexibility index (Phi) is 8.59. The second kappa shape index (κ2) is 15.7. The zero-order valence-corrected chi connectivity index (χ0v) is 41.3. The minimum atomic E-state index is 1.14. The Morgan fingerprint density at radius 3 is 1.14 bits per heavy atom. The molecule has 0 amide bonds. The van der Waals surface area contributed by atoms with Gasteiger partial charge in [-0.1, -0.05) is 212 Å². The van der Waals surface area contributed by atoms with Crippen molar-refractivity contribution in [1.29, 1.82) is 0 Å². The second-order valence-electron chi connectivity index (χ2n) is 20.7. The third kappa shape index (κ3) is 5.76. The molecule has 0 atom stereocenters. The molecule has 15 aromatic rings. The van der Waals surface area contributed by atoms with Crippen LogP contribution < -0.4 is 0 Å². The van der Waals surface area contributed by atoms with Crippen molar-refractivity contribution in [2.24, 2.45) is 0 Å². The van der Waals surface area contributed by atoms with Gasteiger partial charge < -0.3 is 9.13 Å². The van der Waals surface area contributed by atoms with Gasteiger partial charge in [0.15, 0.2) is 0 Å². The Morgan fingerprint density at radius 2 is 0.579 bits per heavy atom. The van der Waals surface area contributed by atoms with E-state index in [0.717, 1.165) is 11.4 Å². The zero-order valence-electron chi connectivity index (χ0n) is 41.3. The van der Waals surface area contributed by atoms with Gasteiger partial charge in [0, 0.05) is 45.7 Å². The molecule has 0 unspecified atom stereocenters. The molecule has 2 heteroatoms. The molecular weight excluding hydrogens is 917 g/mol. The van der Waals surface area contributed by atoms with Crippen LogP contribution in [0.5, 0.6) is 0 Å². The average molecular weight is 961 g/mol. The van der Waals surface area contributed by atoms with Gasteiger partial charge in [-0.3, -0.25) is 0 Å². The van der Waals surface area contributed by atoms with E-state index in [4.69, 9.17) is 0 Å². The van der Waals surface area contributed by atoms with Crippen molar-refractivity contribution in [1.82, 2.24) is 9.13 Å². The molecule has 0 fully saturated rings. The molecule has 0 spiro atoms. The number of hydrogen-bond acceptors (Lipinski definition) is 0. The van der Waals surface area contributed by atoms with E-state index in [9.17, 15) is 0 Å². The highest BCUT2D eigenvalue weighted by molar-refractivity contribution is 6.29. The maximum Gasteiger partial charge on any atom is 0.0541 e. The fourth-order valence-electron chi connectivity index (χ4n) is 13.6. The summed E-state index contributed by atoms with van der Waals surface area (Å²) < 4.78 is 4.81. The first-order valence-electron chi connectivity index (χ1n) is 26.4. The lowest BCUT2D eigenvalue weighted by atomic mass is 9.84. The van der Waals surface area contributed by atoms with Crippen molar-refractivity contribution >= 4 is 64.9 Å². The van der Waals surface area contributed by atoms with E-state index in [2.05, 4.69) is 276 Å². The van der Waals surface area contributed by atoms with Crippen LogP contribution in [0.25, 0.3) is 165 Å². The molecule has 0 aliphatic heterocycles. The van der Waals surface area contributed by atoms with Gasteiger partial charge in [0.1, 0.15) is 0 Å². The average Bonchev–Trinajstić information content (AvgIpc) is 4.03. The van der Waals surface area contributed by atoms with E-state index in [0.29, 0.717) is 0 Å². The smallest absolute Gasteiger partial charge is 0.0541 e. The van der Waals surface area contributed by atoms with Crippen molar-refractivity contribution in [3.05, 3.63) is 267 Å². The van der Waals surface area contributed by atoms with Gasteiger partial charge in [0.25, 0.3) is 0 Å². The largest absolute Gasteiger partial charge is 0.316 e. The summed E-state index contributed by atoms with van der Waals surface area (Å²) in [6.07, 6.45) is 4.76. The van der Waals surface area contributed by atoms with Gasteiger partial charge in [-0.2, -0.15) is 0 Å². The van der Waals surface area contributed by atoms with Crippen LogP contribution in [0.3, 0.4) is 0 Å². The monoisotopic (exact) mass is 960 g/mol. The summed E-state index contributed by atoms with van der Waals surface area (Å²) in [6, 6.07) is 94.8. The molecule has 13 aromatic carbocycles. The predicted molar refractivity (Wildman–Crippen MR) is 321 cm³/mol. The summed E-state index contributed by atoms with van der Waals surface area (Å²) in [7, 11) is 0. The number of hydrogen-bond donors (Lipinski definition) is 0. The molecule has 0 radical (unpaired) electrons. The molecule has 2 aliphatic carbocycles. The Bertz CT molecular complexity index is 4970. The van der Waals surface area contributed by atoms with Crippen molar-refractivity contribution in [2.45, 2.75) is 0 Å². The molecule has 2 heterocycles. The van der Waals surface area contributed by atoms with Crippen LogP contribution in [0, 0.1) is 0 Å². The quantitative estimate of drug-likeness (QED) is 0.156. The summed E-state index contributed by atoms with van der Waals surface area (Å²) in [5.74, 6) is 0. The summed E-state index contributed by atoms with van der Waals surface area (Å²) in [4.78, 5) is 0. The Labute approximate surface area is 439 Å². The first-order valence-corrected chi connectivity index (χ1v) is 26.4. The molecule has 0 saturated carbocycles. The Morgan fingerprint density at radius 1 is 0.197 bits per heavy atom. The lowest BCUT2D eigenvalue weighted by Crippen LogP contribution is -1.95. The zero-order chi connectivity index (χ0) is 49.6. The maximum atomic E-state index is 2.44. The van der Waals surface area contributed by atoms with E-state index in [1.54, 1.807) is 0 Å². The topological polar surface area (TPSA) is 9.86 Å². The minimum absolute atomic E-state index is 1.14. The van der Waals surface area contributed by atoms with Crippen LogP contribution in [0.4, 0.5) is 0 Å². The van der Waals surface area contributed by atoms with Crippen LogP contribution in [-0.4, -0.2) is 9.13 Å². The number of aromatic nitrogens is 2. The fourth-order valence-corrected chi connectivity index (χ4v) is 13.6. The summed E-state index contributed by atoms with van der Waals surface area (Å²) in [6.45, 7) is 0. The third-order valence-corrected chi connectivity index (χ3v) is 16.8. The van der Waals surface area contributed by atoms with E-state index >= 15 is 0 Å². The van der Waals surface area contributed by atoms with Gasteiger partial charge in [-0.25, -0.2) is 0 Å². The molecule has 2 nitrogen and oxygen atoms in total. The maximum absolute atomic E-state index is 2.44. The summed E-state index contributed by atoms with van der Waals surface area (Å²) >= 11 is 0. The highest BCUT2D eigenvalue weighted by Gasteiger charge is 2.30. The van der Waals surface area contributed by atoms with Crippen molar-refractivity contribution in [3.63, 3.8) is 0 Å². The molecule has 2 aromatic heterocycles. The minimum Gasteiger partial charge on any atom is -0.316 e. The molecule has 0 N–H and O–H groups in total. The highest BCUT2D eigenvalue weighted by atomic mass is 15.0. The highest BCUT2D eigenvalue weighted by Crippen LogP contribution is 2.56. The van der Waals surface area contributed by atoms with E-state index < -0.39 is 0 Å². The fraction of sp³-hybridized carbons (Fsp3) is 0. The van der Waals surface area contributed by atoms with E-state index in [-0.39, 0.29) is 0 Å². The number of nitrogens with zero attached hydrogens (tertiary/aromatic N) is 2. The molecule has 0 bridgehead atoms. The van der Waals surface area contributed by atoms with Crippen molar-refractivity contribution in [3.8, 4) is 100 Å². The van der Waals surface area contributed by atoms with Crippen LogP contribution in [-0.2, 0) is 0 Å². The molecule has 350 valence electrons. The summed E-state index contributed by atoms with van der Waals surface area (Å²) in [5, 5.41) is 12.8. The standard InChI is InChI=1S/C74H44N2/c1-2-17-45(18-3-1)47-19-14-20-50(41-47)76-44-66-55-25-8-13-30-60(55)72-61-40-37-48(42-64(61)53-23-6-11-28-58(53)74(72)63-32-16-34-68(76)70(63)66)46-35-38-49(39-36-46)75-43-65-54-24-7-12-29-59(54)71-56-26-9-4-21-51(56)52-22-5-10-27-57(52)73(71)62-31-15-33-67(75)69(62)65/h1-44H. The van der Waals surface area contributed by atoms with Crippen LogP contribution >= 0.6 is 0 Å². The number of fused-ring (bicyclic) bond motifs is 20. The number of benzene rings is 13. The molecule has 2 aliphatic rings. The predicted octanol–water partition coefficient (Wildman–Crippen LogP) is 20.2. The van der Waals surface area contributed by atoms with Gasteiger partial charge in [-0.15, -0.1) is 0 Å². The van der Waals surface area contributed by atoms with Gasteiger partial charge >= 0.3 is 0 Å². The third-order valence-electron chi connectivity index (χ3n) is 16.8. The molecule has 76 heavy (non-hydrogen) atoms. The second-order valence-corrected chi connectivity index (χ2v) is 20.7. The Balaban J connectivity index is 0.818. The van der Waals surface area contributed by atoms with Gasteiger partial charge in [-0.05, 0) is 163 Å². The van der Waals surface area contributed by atoms with Crippen LogP contribution in [0.1, 0.15) is 0 Å². The van der Waals surface area contributed by atoms with Gasteiger partial charge in [0.05, 0.1) is 11.0 Å². The van der Waals surface area contributed by atoms with Crippen molar-refractivity contribution in [2.75, 3.05) is 0 Å². The summed E-state index contributed by atoms with van der Waals surface area (Å²) in [5.41, 5.74) is 24.8. The number of rotatable bonds is 4. The molecule has 17 rings (SSSR count). The lowest BCUT2D eigenvalue weighted by molar-refractivity contribution is 1.13. The van der Waals surface area contributed by atoms with E-state index in [1.165, 1.54) is 154 Å². The van der Waals surface area contributed by atoms with Gasteiger partial charge in [0.2, 0.25) is 0 Å². The van der Waals surface area contributed by atoms with Crippen molar-refractivity contribution < 1.29 is 0 Å². The normalized spacial score (nSPS) is 12.2. The Hall–Kier alpha value is -10.0. The SMILES string of the molecule is c1ccc(-c2cccc(-n3cc4c5c(cccc53)-c3c(c5ccc(-c6ccc(-n7cc8c9c(cccc97)-c7c(c9ccccc9c9ccccc79)-c7ccccc7-8)cc6)cc5c5ccccc35)-c3ccccc3-4)c2)cc1. The molecular formula is C74H44N2. The molecule has 0 saturated heterocycles. The first kappa shape index (κ1) is 41.5. The van der Waals surface area contributed by atoms with Crippen LogP contribution in [0.15, 0.2) is 267 Å². The van der Waals surface area contributed by atoms with Crippen LogP contribution in [0.2, 0.25) is 0 Å². The lowest BCUT2D eigenvalue weighted by Gasteiger charge is -2.20. The van der Waals surface area contributed by atoms with E-state index in [1.807, 2.05) is 0 Å².